The monoisotopic (exact) mass is 367 g/mol. The van der Waals surface area contributed by atoms with Crippen LogP contribution in [0, 0.1) is 18.7 Å². The van der Waals surface area contributed by atoms with E-state index in [1.807, 2.05) is 0 Å². The van der Waals surface area contributed by atoms with E-state index in [1.165, 1.54) is 12.1 Å². The van der Waals surface area contributed by atoms with Gasteiger partial charge in [-0.3, -0.25) is 0 Å². The Morgan fingerprint density at radius 1 is 1.31 bits per heavy atom. The van der Waals surface area contributed by atoms with Gasteiger partial charge < -0.3 is 14.8 Å². The summed E-state index contributed by atoms with van der Waals surface area (Å²) in [5.41, 5.74) is -0.478. The molecule has 0 bridgehead atoms. The molecule has 0 radical (unpaired) electrons. The van der Waals surface area contributed by atoms with Crippen LogP contribution in [0.5, 0.6) is 5.75 Å². The maximum absolute atomic E-state index is 14.4. The molecular weight excluding hydrogens is 347 g/mol. The van der Waals surface area contributed by atoms with Crippen LogP contribution in [-0.2, 0) is 4.74 Å². The first-order valence-corrected chi connectivity index (χ1v) is 8.33. The predicted molar refractivity (Wildman–Crippen MR) is 90.0 cm³/mol. The maximum Gasteiger partial charge on any atom is 0.266 e. The van der Waals surface area contributed by atoms with Crippen molar-refractivity contribution in [1.82, 2.24) is 9.97 Å². The summed E-state index contributed by atoms with van der Waals surface area (Å²) in [6.07, 6.45) is -1.32. The number of hydrogen-bond acceptors (Lipinski definition) is 5. The van der Waals surface area contributed by atoms with Gasteiger partial charge in [-0.05, 0) is 13.8 Å². The van der Waals surface area contributed by atoms with E-state index < -0.39 is 23.8 Å². The highest BCUT2D eigenvalue weighted by Gasteiger charge is 2.22. The van der Waals surface area contributed by atoms with E-state index in [0.29, 0.717) is 43.1 Å². The van der Waals surface area contributed by atoms with Crippen LogP contribution in [0.3, 0.4) is 0 Å². The van der Waals surface area contributed by atoms with Gasteiger partial charge in [-0.2, -0.15) is 0 Å². The minimum absolute atomic E-state index is 0.136. The first-order valence-electron chi connectivity index (χ1n) is 8.33. The minimum Gasteiger partial charge on any atom is -0.488 e. The lowest BCUT2D eigenvalue weighted by atomic mass is 10.0. The summed E-state index contributed by atoms with van der Waals surface area (Å²) >= 11 is 0. The third-order valence-electron chi connectivity index (χ3n) is 4.17. The number of halogens is 3. The lowest BCUT2D eigenvalue weighted by Gasteiger charge is -2.26. The number of rotatable bonds is 7. The molecule has 140 valence electrons. The Kier molecular flexibility index (Phi) is 5.61. The molecule has 1 atom stereocenters. The van der Waals surface area contributed by atoms with Crippen LogP contribution in [0.1, 0.15) is 36.3 Å². The van der Waals surface area contributed by atoms with Gasteiger partial charge in [-0.1, -0.05) is 18.2 Å². The van der Waals surface area contributed by atoms with E-state index in [-0.39, 0.29) is 5.56 Å². The molecule has 0 amide bonds. The number of benzene rings is 1. The van der Waals surface area contributed by atoms with Crippen molar-refractivity contribution in [1.29, 1.82) is 0 Å². The maximum atomic E-state index is 14.4. The smallest absolute Gasteiger partial charge is 0.266 e. The fraction of sp³-hybridized carbons (Fsp3) is 0.444. The SMILES string of the molecule is Cc1ncc(OCC2COC2)c(N[C@H](C)c2cccc(C(F)F)c2F)n1. The molecule has 1 saturated heterocycles. The fourth-order valence-corrected chi connectivity index (χ4v) is 2.61. The molecular formula is C18H20F3N3O2. The summed E-state index contributed by atoms with van der Waals surface area (Å²) < 4.78 is 51.1. The number of aromatic nitrogens is 2. The van der Waals surface area contributed by atoms with Crippen molar-refractivity contribution in [3.63, 3.8) is 0 Å². The molecule has 1 aliphatic rings. The Balaban J connectivity index is 1.79. The number of nitrogens with one attached hydrogen (secondary N) is 1. The quantitative estimate of drug-likeness (QED) is 0.800. The van der Waals surface area contributed by atoms with Crippen LogP contribution in [0.25, 0.3) is 0 Å². The number of alkyl halides is 2. The zero-order valence-corrected chi connectivity index (χ0v) is 14.5. The summed E-state index contributed by atoms with van der Waals surface area (Å²) in [7, 11) is 0. The minimum atomic E-state index is -2.87. The number of hydrogen-bond donors (Lipinski definition) is 1. The molecule has 1 aromatic heterocycles. The van der Waals surface area contributed by atoms with Gasteiger partial charge in [0.1, 0.15) is 11.6 Å². The lowest BCUT2D eigenvalue weighted by molar-refractivity contribution is -0.0508. The van der Waals surface area contributed by atoms with Crippen LogP contribution in [0.15, 0.2) is 24.4 Å². The number of anilines is 1. The molecule has 0 saturated carbocycles. The first kappa shape index (κ1) is 18.4. The summed E-state index contributed by atoms with van der Waals surface area (Å²) in [6, 6.07) is 3.38. The molecule has 2 aromatic rings. The lowest BCUT2D eigenvalue weighted by Crippen LogP contribution is -2.32. The number of aryl methyl sites for hydroxylation is 1. The van der Waals surface area contributed by atoms with Crippen LogP contribution in [-0.4, -0.2) is 29.8 Å². The van der Waals surface area contributed by atoms with E-state index in [1.54, 1.807) is 20.0 Å². The zero-order chi connectivity index (χ0) is 18.7. The highest BCUT2D eigenvalue weighted by atomic mass is 19.3. The van der Waals surface area contributed by atoms with Crippen molar-refractivity contribution in [2.24, 2.45) is 5.92 Å². The molecule has 1 aliphatic heterocycles. The Morgan fingerprint density at radius 2 is 2.04 bits per heavy atom. The summed E-state index contributed by atoms with van der Waals surface area (Å²) in [5, 5.41) is 3.04. The molecule has 1 fully saturated rings. The van der Waals surface area contributed by atoms with Gasteiger partial charge in [0.25, 0.3) is 6.43 Å². The standard InChI is InChI=1S/C18H20F3N3O2/c1-10(13-4-3-5-14(16(13)19)17(20)21)23-18-15(6-22-11(2)24-18)26-9-12-7-25-8-12/h3-6,10,12,17H,7-9H2,1-2H3,(H,22,23,24)/t10-/m1/s1. The second kappa shape index (κ2) is 7.90. The third kappa shape index (κ3) is 4.07. The van der Waals surface area contributed by atoms with Crippen molar-refractivity contribution in [2.45, 2.75) is 26.3 Å². The summed E-state index contributed by atoms with van der Waals surface area (Å²) in [4.78, 5) is 8.41. The molecule has 8 heteroatoms. The van der Waals surface area contributed by atoms with E-state index in [0.717, 1.165) is 6.07 Å². The van der Waals surface area contributed by atoms with E-state index in [2.05, 4.69) is 15.3 Å². The van der Waals surface area contributed by atoms with Gasteiger partial charge in [-0.15, -0.1) is 0 Å². The Morgan fingerprint density at radius 3 is 2.69 bits per heavy atom. The highest BCUT2D eigenvalue weighted by molar-refractivity contribution is 5.50. The van der Waals surface area contributed by atoms with E-state index in [4.69, 9.17) is 9.47 Å². The van der Waals surface area contributed by atoms with Gasteiger partial charge in [0.15, 0.2) is 11.6 Å². The molecule has 26 heavy (non-hydrogen) atoms. The number of ether oxygens (including phenoxy) is 2. The molecule has 5 nitrogen and oxygen atoms in total. The zero-order valence-electron chi connectivity index (χ0n) is 14.5. The van der Waals surface area contributed by atoms with Crippen molar-refractivity contribution < 1.29 is 22.6 Å². The molecule has 1 N–H and O–H groups in total. The molecule has 2 heterocycles. The molecule has 0 unspecified atom stereocenters. The van der Waals surface area contributed by atoms with E-state index >= 15 is 0 Å². The topological polar surface area (TPSA) is 56.3 Å². The normalized spacial score (nSPS) is 15.6. The number of nitrogens with zero attached hydrogens (tertiary/aromatic N) is 2. The Hall–Kier alpha value is -2.35. The third-order valence-corrected chi connectivity index (χ3v) is 4.17. The van der Waals surface area contributed by atoms with Gasteiger partial charge in [-0.25, -0.2) is 23.1 Å². The van der Waals surface area contributed by atoms with Crippen molar-refractivity contribution in [2.75, 3.05) is 25.1 Å². The second-order valence-corrected chi connectivity index (χ2v) is 6.26. The largest absolute Gasteiger partial charge is 0.488 e. The first-order chi connectivity index (χ1) is 12.5. The summed E-state index contributed by atoms with van der Waals surface area (Å²) in [6.45, 7) is 5.16. The van der Waals surface area contributed by atoms with Crippen LogP contribution >= 0.6 is 0 Å². The van der Waals surface area contributed by atoms with Crippen LogP contribution in [0.2, 0.25) is 0 Å². The van der Waals surface area contributed by atoms with Gasteiger partial charge in [0.2, 0.25) is 0 Å². The summed E-state index contributed by atoms with van der Waals surface area (Å²) in [5.74, 6) is 0.747. The Labute approximate surface area is 149 Å². The fourth-order valence-electron chi connectivity index (χ4n) is 2.61. The molecule has 0 spiro atoms. The average Bonchev–Trinajstić information content (AvgIpc) is 2.55. The van der Waals surface area contributed by atoms with Gasteiger partial charge in [0, 0.05) is 11.5 Å². The van der Waals surface area contributed by atoms with Crippen LogP contribution in [0.4, 0.5) is 19.0 Å². The molecule has 1 aromatic carbocycles. The van der Waals surface area contributed by atoms with Gasteiger partial charge in [0.05, 0.1) is 37.6 Å². The van der Waals surface area contributed by atoms with Crippen molar-refractivity contribution in [3.8, 4) is 5.75 Å². The highest BCUT2D eigenvalue weighted by Crippen LogP contribution is 2.31. The molecule has 3 rings (SSSR count). The average molecular weight is 367 g/mol. The predicted octanol–water partition coefficient (Wildman–Crippen LogP) is 4.06. The van der Waals surface area contributed by atoms with E-state index in [9.17, 15) is 13.2 Å². The van der Waals surface area contributed by atoms with Crippen molar-refractivity contribution >= 4 is 5.82 Å². The Bertz CT molecular complexity index is 769. The second-order valence-electron chi connectivity index (χ2n) is 6.26. The van der Waals surface area contributed by atoms with Crippen molar-refractivity contribution in [3.05, 3.63) is 47.2 Å². The molecule has 0 aliphatic carbocycles. The van der Waals surface area contributed by atoms with Crippen LogP contribution < -0.4 is 10.1 Å². The van der Waals surface area contributed by atoms with Gasteiger partial charge >= 0.3 is 0 Å².